The molecule has 0 radical (unpaired) electrons. The van der Waals surface area contributed by atoms with Gasteiger partial charge in [0.1, 0.15) is 10.6 Å². The number of piperazine rings is 1. The van der Waals surface area contributed by atoms with E-state index in [4.69, 9.17) is 4.52 Å². The summed E-state index contributed by atoms with van der Waals surface area (Å²) in [7, 11) is -1.71. The molecule has 1 aromatic heterocycles. The van der Waals surface area contributed by atoms with Crippen LogP contribution in [0.25, 0.3) is 0 Å². The van der Waals surface area contributed by atoms with Crippen molar-refractivity contribution in [2.24, 2.45) is 0 Å². The average molecular weight is 399 g/mol. The van der Waals surface area contributed by atoms with E-state index in [1.807, 2.05) is 16.8 Å². The molecule has 9 heteroatoms. The summed E-state index contributed by atoms with van der Waals surface area (Å²) >= 11 is 0. The molecule has 1 saturated heterocycles. The first kappa shape index (κ1) is 20.3. The fraction of sp³-hybridized carbons (Fsp3) is 0.778. The summed E-state index contributed by atoms with van der Waals surface area (Å²) in [6.45, 7) is 5.44. The van der Waals surface area contributed by atoms with Gasteiger partial charge in [0, 0.05) is 39.3 Å². The normalized spacial score (nSPS) is 20.7. The summed E-state index contributed by atoms with van der Waals surface area (Å²) < 4.78 is 32.2. The quantitative estimate of drug-likeness (QED) is 0.745. The fourth-order valence-electron chi connectivity index (χ4n) is 4.07. The Balaban J connectivity index is 1.55. The van der Waals surface area contributed by atoms with Crippen LogP contribution in [0.15, 0.2) is 9.42 Å². The highest BCUT2D eigenvalue weighted by Crippen LogP contribution is 2.25. The lowest BCUT2D eigenvalue weighted by molar-refractivity contribution is -0.134. The minimum Gasteiger partial charge on any atom is -0.360 e. The van der Waals surface area contributed by atoms with Gasteiger partial charge in [-0.2, -0.15) is 4.31 Å². The van der Waals surface area contributed by atoms with Crippen LogP contribution in [0, 0.1) is 13.8 Å². The lowest BCUT2D eigenvalue weighted by Gasteiger charge is -2.36. The van der Waals surface area contributed by atoms with Crippen molar-refractivity contribution in [1.29, 1.82) is 0 Å². The maximum absolute atomic E-state index is 12.9. The zero-order valence-electron chi connectivity index (χ0n) is 16.5. The molecule has 0 aromatic carbocycles. The minimum atomic E-state index is -3.61. The van der Waals surface area contributed by atoms with E-state index in [2.05, 4.69) is 5.16 Å². The van der Waals surface area contributed by atoms with Gasteiger partial charge in [0.15, 0.2) is 5.76 Å². The molecule has 2 fully saturated rings. The first-order valence-corrected chi connectivity index (χ1v) is 11.2. The summed E-state index contributed by atoms with van der Waals surface area (Å²) in [5.41, 5.74) is 0.388. The second kappa shape index (κ2) is 8.28. The minimum absolute atomic E-state index is 0.129. The molecule has 8 nitrogen and oxygen atoms in total. The van der Waals surface area contributed by atoms with Crippen molar-refractivity contribution in [2.45, 2.75) is 56.9 Å². The lowest BCUT2D eigenvalue weighted by atomic mass is 9.94. The molecule has 1 aliphatic carbocycles. The molecule has 152 valence electrons. The number of hydrogen-bond donors (Lipinski definition) is 0. The second-order valence-corrected chi connectivity index (χ2v) is 9.50. The van der Waals surface area contributed by atoms with Crippen LogP contribution in [0.1, 0.15) is 43.6 Å². The molecule has 1 saturated carbocycles. The van der Waals surface area contributed by atoms with Gasteiger partial charge in [-0.25, -0.2) is 8.42 Å². The van der Waals surface area contributed by atoms with E-state index in [1.54, 1.807) is 13.8 Å². The maximum atomic E-state index is 12.9. The van der Waals surface area contributed by atoms with Gasteiger partial charge in [0.2, 0.25) is 15.9 Å². The molecular weight excluding hydrogens is 368 g/mol. The smallest absolute Gasteiger partial charge is 0.248 e. The number of aromatic nitrogens is 1. The predicted molar refractivity (Wildman–Crippen MR) is 101 cm³/mol. The van der Waals surface area contributed by atoms with Crippen molar-refractivity contribution < 1.29 is 17.7 Å². The van der Waals surface area contributed by atoms with Crippen molar-refractivity contribution >= 4 is 15.9 Å². The molecule has 0 bridgehead atoms. The van der Waals surface area contributed by atoms with Gasteiger partial charge in [-0.3, -0.25) is 9.69 Å². The number of carbonyl (C=O) groups is 1. The van der Waals surface area contributed by atoms with Gasteiger partial charge in [-0.1, -0.05) is 24.4 Å². The van der Waals surface area contributed by atoms with Crippen molar-refractivity contribution in [1.82, 2.24) is 19.3 Å². The topological polar surface area (TPSA) is 87.0 Å². The van der Waals surface area contributed by atoms with Crippen LogP contribution in [-0.2, 0) is 14.8 Å². The molecular formula is C18H30N4O4S. The Kier molecular flexibility index (Phi) is 6.22. The molecule has 0 unspecified atom stereocenters. The van der Waals surface area contributed by atoms with E-state index in [9.17, 15) is 13.2 Å². The zero-order chi connectivity index (χ0) is 19.6. The Hall–Kier alpha value is -1.45. The van der Waals surface area contributed by atoms with E-state index in [0.717, 1.165) is 12.8 Å². The summed E-state index contributed by atoms with van der Waals surface area (Å²) in [5.74, 6) is 0.447. The van der Waals surface area contributed by atoms with Crippen LogP contribution >= 0.6 is 0 Å². The Labute approximate surface area is 161 Å². The van der Waals surface area contributed by atoms with Gasteiger partial charge in [0.05, 0.1) is 6.54 Å². The maximum Gasteiger partial charge on any atom is 0.248 e. The number of rotatable bonds is 5. The molecule has 2 heterocycles. The van der Waals surface area contributed by atoms with Gasteiger partial charge in [-0.05, 0) is 26.7 Å². The largest absolute Gasteiger partial charge is 0.360 e. The third kappa shape index (κ3) is 4.35. The summed E-state index contributed by atoms with van der Waals surface area (Å²) in [5, 5.41) is 3.75. The van der Waals surface area contributed by atoms with Crippen LogP contribution < -0.4 is 0 Å². The summed E-state index contributed by atoms with van der Waals surface area (Å²) in [6.07, 6.45) is 5.83. The molecule has 1 aromatic rings. The summed E-state index contributed by atoms with van der Waals surface area (Å²) in [6, 6.07) is 0.354. The Morgan fingerprint density at radius 1 is 1.15 bits per heavy atom. The third-order valence-corrected chi connectivity index (χ3v) is 7.92. The number of nitrogens with zero attached hydrogens (tertiary/aromatic N) is 4. The molecule has 1 aliphatic heterocycles. The van der Waals surface area contributed by atoms with E-state index < -0.39 is 10.0 Å². The Morgan fingerprint density at radius 2 is 1.78 bits per heavy atom. The highest BCUT2D eigenvalue weighted by atomic mass is 32.2. The van der Waals surface area contributed by atoms with Gasteiger partial charge >= 0.3 is 0 Å². The molecule has 2 aliphatic rings. The van der Waals surface area contributed by atoms with Crippen LogP contribution in [0.3, 0.4) is 0 Å². The van der Waals surface area contributed by atoms with Gasteiger partial charge in [-0.15, -0.1) is 0 Å². The van der Waals surface area contributed by atoms with E-state index in [0.29, 0.717) is 50.2 Å². The van der Waals surface area contributed by atoms with Crippen LogP contribution in [0.4, 0.5) is 0 Å². The summed E-state index contributed by atoms with van der Waals surface area (Å²) in [4.78, 5) is 16.7. The van der Waals surface area contributed by atoms with Crippen LogP contribution in [0.2, 0.25) is 0 Å². The zero-order valence-corrected chi connectivity index (χ0v) is 17.3. The fourth-order valence-corrected chi connectivity index (χ4v) is 5.79. The number of hydrogen-bond acceptors (Lipinski definition) is 6. The number of aryl methyl sites for hydroxylation is 2. The SMILES string of the molecule is Cc1noc(C)c1S(=O)(=O)N1CCN(CC(=O)N(C)C2CCCCC2)CC1. The number of carbonyl (C=O) groups excluding carboxylic acids is 1. The third-order valence-electron chi connectivity index (χ3n) is 5.77. The first-order chi connectivity index (χ1) is 12.8. The van der Waals surface area contributed by atoms with Gasteiger partial charge < -0.3 is 9.42 Å². The number of amides is 1. The van der Waals surface area contributed by atoms with E-state index in [-0.39, 0.29) is 10.8 Å². The standard InChI is InChI=1S/C18H30N4O4S/c1-14-18(15(2)26-19-14)27(24,25)22-11-9-21(10-12-22)13-17(23)20(3)16-7-5-4-6-8-16/h16H,4-13H2,1-3H3. The predicted octanol–water partition coefficient (Wildman–Crippen LogP) is 1.39. The van der Waals surface area contributed by atoms with Crippen molar-refractivity contribution in [3.8, 4) is 0 Å². The van der Waals surface area contributed by atoms with Crippen LogP contribution in [0.5, 0.6) is 0 Å². The van der Waals surface area contributed by atoms with Crippen molar-refractivity contribution in [3.63, 3.8) is 0 Å². The van der Waals surface area contributed by atoms with E-state index in [1.165, 1.54) is 23.6 Å². The molecule has 27 heavy (non-hydrogen) atoms. The highest BCUT2D eigenvalue weighted by molar-refractivity contribution is 7.89. The van der Waals surface area contributed by atoms with Crippen LogP contribution in [-0.4, -0.2) is 79.4 Å². The van der Waals surface area contributed by atoms with Crippen molar-refractivity contribution in [3.05, 3.63) is 11.5 Å². The van der Waals surface area contributed by atoms with E-state index >= 15 is 0 Å². The van der Waals surface area contributed by atoms with Gasteiger partial charge in [0.25, 0.3) is 0 Å². The number of likely N-dealkylation sites (N-methyl/N-ethyl adjacent to an activating group) is 1. The second-order valence-electron chi connectivity index (χ2n) is 7.63. The molecule has 3 rings (SSSR count). The Bertz CT molecular complexity index is 743. The molecule has 0 spiro atoms. The number of sulfonamides is 1. The van der Waals surface area contributed by atoms with Crippen molar-refractivity contribution in [2.75, 3.05) is 39.8 Å². The monoisotopic (exact) mass is 398 g/mol. The molecule has 0 N–H and O–H groups in total. The first-order valence-electron chi connectivity index (χ1n) is 9.71. The average Bonchev–Trinajstić information content (AvgIpc) is 3.01. The Morgan fingerprint density at radius 3 is 2.33 bits per heavy atom. The molecule has 1 amide bonds. The highest BCUT2D eigenvalue weighted by Gasteiger charge is 2.34. The lowest BCUT2D eigenvalue weighted by Crippen LogP contribution is -2.52. The molecule has 0 atom stereocenters.